The van der Waals surface area contributed by atoms with E-state index in [1.165, 1.54) is 29.7 Å². The Morgan fingerprint density at radius 3 is 2.31 bits per heavy atom. The second kappa shape index (κ2) is 4.36. The van der Waals surface area contributed by atoms with Crippen LogP contribution in [0.1, 0.15) is 30.9 Å². The van der Waals surface area contributed by atoms with Gasteiger partial charge in [-0.25, -0.2) is 0 Å². The summed E-state index contributed by atoms with van der Waals surface area (Å²) in [7, 11) is 0. The third-order valence-electron chi connectivity index (χ3n) is 3.77. The summed E-state index contributed by atoms with van der Waals surface area (Å²) in [5.41, 5.74) is 10.9. The van der Waals surface area contributed by atoms with Gasteiger partial charge in [-0.1, -0.05) is 6.92 Å². The van der Waals surface area contributed by atoms with Crippen molar-refractivity contribution >= 4 is 11.4 Å². The maximum atomic E-state index is 6.11. The fourth-order valence-corrected chi connectivity index (χ4v) is 2.35. The number of hydrogen-bond acceptors (Lipinski definition) is 2. The van der Waals surface area contributed by atoms with Crippen molar-refractivity contribution in [2.24, 2.45) is 5.92 Å². The van der Waals surface area contributed by atoms with Gasteiger partial charge in [0.25, 0.3) is 0 Å². The normalized spacial score (nSPS) is 17.8. The highest BCUT2D eigenvalue weighted by atomic mass is 15.1. The summed E-state index contributed by atoms with van der Waals surface area (Å²) in [6, 6.07) is 4.34. The largest absolute Gasteiger partial charge is 0.397 e. The van der Waals surface area contributed by atoms with Crippen molar-refractivity contribution in [3.8, 4) is 0 Å². The van der Waals surface area contributed by atoms with E-state index >= 15 is 0 Å². The Morgan fingerprint density at radius 2 is 1.69 bits per heavy atom. The van der Waals surface area contributed by atoms with E-state index in [4.69, 9.17) is 5.73 Å². The van der Waals surface area contributed by atoms with Crippen molar-refractivity contribution in [1.29, 1.82) is 0 Å². The lowest BCUT2D eigenvalue weighted by Gasteiger charge is -2.33. The zero-order valence-electron chi connectivity index (χ0n) is 10.6. The van der Waals surface area contributed by atoms with Gasteiger partial charge in [-0.3, -0.25) is 0 Å². The molecule has 1 aliphatic heterocycles. The van der Waals surface area contributed by atoms with Crippen molar-refractivity contribution in [2.45, 2.75) is 33.6 Å². The first-order chi connectivity index (χ1) is 7.58. The molecule has 0 aromatic heterocycles. The van der Waals surface area contributed by atoms with Crippen molar-refractivity contribution in [2.75, 3.05) is 23.7 Å². The SMILES string of the molecule is Cc1cc(N)c(N2CCC(C)CC2)cc1C. The number of nitrogens with zero attached hydrogens (tertiary/aromatic N) is 1. The minimum absolute atomic E-state index is 0.865. The molecule has 1 aromatic carbocycles. The molecule has 1 fully saturated rings. The standard InChI is InChI=1S/C14H22N2/c1-10-4-6-16(7-5-10)14-9-12(3)11(2)8-13(14)15/h8-10H,4-7,15H2,1-3H3. The zero-order valence-corrected chi connectivity index (χ0v) is 10.6. The molecule has 2 N–H and O–H groups in total. The van der Waals surface area contributed by atoms with Crippen LogP contribution in [-0.4, -0.2) is 13.1 Å². The molecule has 0 unspecified atom stereocenters. The number of nitrogen functional groups attached to an aromatic ring is 1. The van der Waals surface area contributed by atoms with Gasteiger partial charge in [-0.15, -0.1) is 0 Å². The number of benzene rings is 1. The number of hydrogen-bond donors (Lipinski definition) is 1. The van der Waals surface area contributed by atoms with Gasteiger partial charge in [0, 0.05) is 13.1 Å². The summed E-state index contributed by atoms with van der Waals surface area (Å²) in [5, 5.41) is 0. The van der Waals surface area contributed by atoms with E-state index in [2.05, 4.69) is 37.8 Å². The van der Waals surface area contributed by atoms with Crippen molar-refractivity contribution < 1.29 is 0 Å². The quantitative estimate of drug-likeness (QED) is 0.734. The summed E-state index contributed by atoms with van der Waals surface area (Å²) in [5.74, 6) is 0.865. The Bertz CT molecular complexity index is 377. The Labute approximate surface area is 98.4 Å². The molecule has 1 heterocycles. The molecule has 16 heavy (non-hydrogen) atoms. The van der Waals surface area contributed by atoms with Gasteiger partial charge in [-0.2, -0.15) is 0 Å². The molecule has 2 rings (SSSR count). The number of aryl methyl sites for hydroxylation is 2. The Balaban J connectivity index is 2.23. The molecular weight excluding hydrogens is 196 g/mol. The number of nitrogens with two attached hydrogens (primary N) is 1. The van der Waals surface area contributed by atoms with Crippen LogP contribution in [-0.2, 0) is 0 Å². The highest BCUT2D eigenvalue weighted by Crippen LogP contribution is 2.30. The Kier molecular flexibility index (Phi) is 3.08. The van der Waals surface area contributed by atoms with E-state index < -0.39 is 0 Å². The maximum absolute atomic E-state index is 6.11. The second-order valence-electron chi connectivity index (χ2n) is 5.16. The van der Waals surface area contributed by atoms with E-state index in [9.17, 15) is 0 Å². The zero-order chi connectivity index (χ0) is 11.7. The average Bonchev–Trinajstić information content (AvgIpc) is 2.25. The van der Waals surface area contributed by atoms with Crippen LogP contribution < -0.4 is 10.6 Å². The molecule has 0 amide bonds. The van der Waals surface area contributed by atoms with E-state index in [0.717, 1.165) is 24.7 Å². The van der Waals surface area contributed by atoms with E-state index in [-0.39, 0.29) is 0 Å². The molecule has 1 aromatic rings. The predicted octanol–water partition coefficient (Wildman–Crippen LogP) is 3.12. The summed E-state index contributed by atoms with van der Waals surface area (Å²) in [6.07, 6.45) is 2.57. The highest BCUT2D eigenvalue weighted by molar-refractivity contribution is 5.70. The van der Waals surface area contributed by atoms with Crippen LogP contribution in [0.15, 0.2) is 12.1 Å². The predicted molar refractivity (Wildman–Crippen MR) is 70.9 cm³/mol. The van der Waals surface area contributed by atoms with E-state index in [1.807, 2.05) is 0 Å². The topological polar surface area (TPSA) is 29.3 Å². The van der Waals surface area contributed by atoms with Crippen molar-refractivity contribution in [3.63, 3.8) is 0 Å². The average molecular weight is 218 g/mol. The third-order valence-corrected chi connectivity index (χ3v) is 3.77. The van der Waals surface area contributed by atoms with Crippen LogP contribution in [0.5, 0.6) is 0 Å². The molecule has 0 spiro atoms. The van der Waals surface area contributed by atoms with Gasteiger partial charge < -0.3 is 10.6 Å². The number of anilines is 2. The molecule has 2 nitrogen and oxygen atoms in total. The van der Waals surface area contributed by atoms with Crippen LogP contribution in [0.3, 0.4) is 0 Å². The minimum Gasteiger partial charge on any atom is -0.397 e. The fraction of sp³-hybridized carbons (Fsp3) is 0.571. The molecular formula is C14H22N2. The molecule has 88 valence electrons. The van der Waals surface area contributed by atoms with Crippen LogP contribution in [0.2, 0.25) is 0 Å². The summed E-state index contributed by atoms with van der Waals surface area (Å²) < 4.78 is 0. The van der Waals surface area contributed by atoms with Gasteiger partial charge in [0.15, 0.2) is 0 Å². The van der Waals surface area contributed by atoms with Gasteiger partial charge in [0.1, 0.15) is 0 Å². The van der Waals surface area contributed by atoms with Crippen LogP contribution >= 0.6 is 0 Å². The van der Waals surface area contributed by atoms with Gasteiger partial charge >= 0.3 is 0 Å². The molecule has 0 saturated carbocycles. The summed E-state index contributed by atoms with van der Waals surface area (Å²) >= 11 is 0. The Hall–Kier alpha value is -1.18. The summed E-state index contributed by atoms with van der Waals surface area (Å²) in [6.45, 7) is 8.90. The van der Waals surface area contributed by atoms with Gasteiger partial charge in [0.2, 0.25) is 0 Å². The highest BCUT2D eigenvalue weighted by Gasteiger charge is 2.18. The van der Waals surface area contributed by atoms with E-state index in [0.29, 0.717) is 0 Å². The molecule has 1 aliphatic rings. The molecule has 0 aliphatic carbocycles. The molecule has 1 saturated heterocycles. The minimum atomic E-state index is 0.865. The van der Waals surface area contributed by atoms with Crippen LogP contribution in [0, 0.1) is 19.8 Å². The third kappa shape index (κ3) is 2.16. The van der Waals surface area contributed by atoms with Crippen molar-refractivity contribution in [3.05, 3.63) is 23.3 Å². The Morgan fingerprint density at radius 1 is 1.12 bits per heavy atom. The van der Waals surface area contributed by atoms with E-state index in [1.54, 1.807) is 0 Å². The first kappa shape index (κ1) is 11.3. The van der Waals surface area contributed by atoms with Gasteiger partial charge in [-0.05, 0) is 55.9 Å². The van der Waals surface area contributed by atoms with Gasteiger partial charge in [0.05, 0.1) is 11.4 Å². The molecule has 0 atom stereocenters. The van der Waals surface area contributed by atoms with Crippen LogP contribution in [0.25, 0.3) is 0 Å². The molecule has 0 radical (unpaired) electrons. The second-order valence-corrected chi connectivity index (χ2v) is 5.16. The lowest BCUT2D eigenvalue weighted by molar-refractivity contribution is 0.438. The van der Waals surface area contributed by atoms with Crippen molar-refractivity contribution in [1.82, 2.24) is 0 Å². The van der Waals surface area contributed by atoms with Crippen LogP contribution in [0.4, 0.5) is 11.4 Å². The smallest absolute Gasteiger partial charge is 0.0602 e. The fourth-order valence-electron chi connectivity index (χ4n) is 2.35. The molecule has 2 heteroatoms. The maximum Gasteiger partial charge on any atom is 0.0602 e. The first-order valence-corrected chi connectivity index (χ1v) is 6.19. The lowest BCUT2D eigenvalue weighted by Crippen LogP contribution is -2.33. The lowest BCUT2D eigenvalue weighted by atomic mass is 9.98. The molecule has 0 bridgehead atoms. The summed E-state index contributed by atoms with van der Waals surface area (Å²) in [4.78, 5) is 2.43. The number of piperidine rings is 1. The first-order valence-electron chi connectivity index (χ1n) is 6.19. The monoisotopic (exact) mass is 218 g/mol. The number of rotatable bonds is 1.